The Hall–Kier alpha value is -1.37. The minimum Gasteiger partial charge on any atom is -0.299 e. The van der Waals surface area contributed by atoms with Gasteiger partial charge in [0.2, 0.25) is 0 Å². The highest BCUT2D eigenvalue weighted by atomic mass is 16.1. The second kappa shape index (κ2) is 4.23. The minimum absolute atomic E-state index is 0.387. The second-order valence-electron chi connectivity index (χ2n) is 3.78. The van der Waals surface area contributed by atoms with Crippen molar-refractivity contribution < 1.29 is 4.79 Å². The van der Waals surface area contributed by atoms with Gasteiger partial charge in [0, 0.05) is 12.8 Å². The number of allylic oxidation sites excluding steroid dienone is 2. The summed E-state index contributed by atoms with van der Waals surface area (Å²) in [5.74, 6) is 0.387. The summed E-state index contributed by atoms with van der Waals surface area (Å²) in [7, 11) is 0. The molecule has 0 heterocycles. The molecule has 1 aromatic carbocycles. The van der Waals surface area contributed by atoms with Gasteiger partial charge in [0.1, 0.15) is 5.78 Å². The van der Waals surface area contributed by atoms with E-state index >= 15 is 0 Å². The normalized spacial score (nSPS) is 16.6. The lowest BCUT2D eigenvalue weighted by atomic mass is 9.93. The van der Waals surface area contributed by atoms with Crippen LogP contribution in [0.5, 0.6) is 0 Å². The van der Waals surface area contributed by atoms with E-state index in [-0.39, 0.29) is 0 Å². The van der Waals surface area contributed by atoms with Crippen LogP contribution in [0.4, 0.5) is 0 Å². The standard InChI is InChI=1S/C13H14O/c14-13-8-4-7-12(10-13)9-11-5-2-1-3-6-11/h1-3,5-7H,4,8-10H2. The number of rotatable bonds is 2. The van der Waals surface area contributed by atoms with Gasteiger partial charge in [0.15, 0.2) is 0 Å². The summed E-state index contributed by atoms with van der Waals surface area (Å²) in [6.07, 6.45) is 5.48. The van der Waals surface area contributed by atoms with Gasteiger partial charge < -0.3 is 0 Å². The predicted octanol–water partition coefficient (Wildman–Crippen LogP) is 2.91. The second-order valence-corrected chi connectivity index (χ2v) is 3.78. The Bertz CT molecular complexity index is 349. The molecule has 1 aliphatic rings. The molecule has 1 nitrogen and oxygen atoms in total. The monoisotopic (exact) mass is 186 g/mol. The van der Waals surface area contributed by atoms with Crippen molar-refractivity contribution in [1.29, 1.82) is 0 Å². The van der Waals surface area contributed by atoms with Crippen LogP contribution in [0.1, 0.15) is 24.8 Å². The third-order valence-electron chi connectivity index (χ3n) is 2.55. The molecule has 0 aromatic heterocycles. The highest BCUT2D eigenvalue weighted by molar-refractivity contribution is 5.82. The number of carbonyl (C=O) groups is 1. The SMILES string of the molecule is O=C1CCC=C(Cc2ccccc2)C1. The van der Waals surface area contributed by atoms with E-state index in [1.165, 1.54) is 11.1 Å². The zero-order valence-electron chi connectivity index (χ0n) is 8.20. The molecule has 1 heteroatoms. The quantitative estimate of drug-likeness (QED) is 0.649. The molecule has 0 N–H and O–H groups in total. The summed E-state index contributed by atoms with van der Waals surface area (Å²) in [4.78, 5) is 11.2. The Morgan fingerprint density at radius 2 is 1.93 bits per heavy atom. The highest BCUT2D eigenvalue weighted by Crippen LogP contribution is 2.18. The fourth-order valence-corrected chi connectivity index (χ4v) is 1.84. The number of benzene rings is 1. The van der Waals surface area contributed by atoms with Gasteiger partial charge in [-0.25, -0.2) is 0 Å². The van der Waals surface area contributed by atoms with Gasteiger partial charge in [-0.05, 0) is 18.4 Å². The van der Waals surface area contributed by atoms with Crippen molar-refractivity contribution in [3.63, 3.8) is 0 Å². The van der Waals surface area contributed by atoms with Crippen LogP contribution in [-0.4, -0.2) is 5.78 Å². The van der Waals surface area contributed by atoms with Gasteiger partial charge in [-0.1, -0.05) is 42.0 Å². The molecule has 1 aliphatic carbocycles. The van der Waals surface area contributed by atoms with Crippen LogP contribution in [-0.2, 0) is 11.2 Å². The van der Waals surface area contributed by atoms with Crippen molar-refractivity contribution in [1.82, 2.24) is 0 Å². The molecule has 0 amide bonds. The summed E-state index contributed by atoms with van der Waals surface area (Å²) in [6.45, 7) is 0. The van der Waals surface area contributed by atoms with Gasteiger partial charge in [0.25, 0.3) is 0 Å². The summed E-state index contributed by atoms with van der Waals surface area (Å²) in [5, 5.41) is 0. The van der Waals surface area contributed by atoms with E-state index < -0.39 is 0 Å². The molecule has 14 heavy (non-hydrogen) atoms. The first-order valence-electron chi connectivity index (χ1n) is 5.08. The smallest absolute Gasteiger partial charge is 0.137 e. The van der Waals surface area contributed by atoms with Gasteiger partial charge in [-0.15, -0.1) is 0 Å². The maximum Gasteiger partial charge on any atom is 0.137 e. The molecular weight excluding hydrogens is 172 g/mol. The topological polar surface area (TPSA) is 17.1 Å². The van der Waals surface area contributed by atoms with E-state index in [1.807, 2.05) is 18.2 Å². The highest BCUT2D eigenvalue weighted by Gasteiger charge is 2.10. The van der Waals surface area contributed by atoms with E-state index in [9.17, 15) is 4.79 Å². The van der Waals surface area contributed by atoms with Gasteiger partial charge in [-0.2, -0.15) is 0 Å². The largest absolute Gasteiger partial charge is 0.299 e. The molecule has 0 aliphatic heterocycles. The lowest BCUT2D eigenvalue weighted by Crippen LogP contribution is -2.06. The van der Waals surface area contributed by atoms with Crippen LogP contribution in [0.2, 0.25) is 0 Å². The maximum absolute atomic E-state index is 11.2. The average molecular weight is 186 g/mol. The molecule has 1 aromatic rings. The third-order valence-corrected chi connectivity index (χ3v) is 2.55. The molecular formula is C13H14O. The third kappa shape index (κ3) is 2.32. The Morgan fingerprint density at radius 3 is 2.64 bits per heavy atom. The first kappa shape index (κ1) is 9.20. The summed E-state index contributed by atoms with van der Waals surface area (Å²) < 4.78 is 0. The van der Waals surface area contributed by atoms with Crippen molar-refractivity contribution in [2.45, 2.75) is 25.7 Å². The van der Waals surface area contributed by atoms with E-state index in [0.29, 0.717) is 12.2 Å². The fourth-order valence-electron chi connectivity index (χ4n) is 1.84. The Labute approximate surface area is 84.5 Å². The average Bonchev–Trinajstić information content (AvgIpc) is 2.19. The molecule has 0 fully saturated rings. The number of ketones is 1. The summed E-state index contributed by atoms with van der Waals surface area (Å²) in [6, 6.07) is 10.3. The molecule has 0 saturated heterocycles. The first-order valence-corrected chi connectivity index (χ1v) is 5.08. The summed E-state index contributed by atoms with van der Waals surface area (Å²) in [5.41, 5.74) is 2.58. The number of hydrogen-bond acceptors (Lipinski definition) is 1. The van der Waals surface area contributed by atoms with Crippen LogP contribution >= 0.6 is 0 Å². The molecule has 2 rings (SSSR count). The molecule has 0 unspecified atom stereocenters. The van der Waals surface area contributed by atoms with Crippen molar-refractivity contribution in [3.8, 4) is 0 Å². The van der Waals surface area contributed by atoms with Gasteiger partial charge in [-0.3, -0.25) is 4.79 Å². The van der Waals surface area contributed by atoms with E-state index in [1.54, 1.807) is 0 Å². The van der Waals surface area contributed by atoms with Crippen LogP contribution < -0.4 is 0 Å². The van der Waals surface area contributed by atoms with Crippen LogP contribution in [0, 0.1) is 0 Å². The minimum atomic E-state index is 0.387. The number of carbonyl (C=O) groups excluding carboxylic acids is 1. The molecule has 0 atom stereocenters. The molecule has 0 spiro atoms. The van der Waals surface area contributed by atoms with Crippen molar-refractivity contribution >= 4 is 5.78 Å². The Kier molecular flexibility index (Phi) is 2.78. The van der Waals surface area contributed by atoms with Crippen molar-refractivity contribution in [2.24, 2.45) is 0 Å². The Balaban J connectivity index is 2.05. The van der Waals surface area contributed by atoms with E-state index in [2.05, 4.69) is 18.2 Å². The first-order chi connectivity index (χ1) is 6.84. The molecule has 0 bridgehead atoms. The lowest BCUT2D eigenvalue weighted by Gasteiger charge is -2.11. The predicted molar refractivity (Wildman–Crippen MR) is 57.1 cm³/mol. The van der Waals surface area contributed by atoms with E-state index in [4.69, 9.17) is 0 Å². The van der Waals surface area contributed by atoms with Crippen LogP contribution in [0.15, 0.2) is 42.0 Å². The summed E-state index contributed by atoms with van der Waals surface area (Å²) >= 11 is 0. The van der Waals surface area contributed by atoms with E-state index in [0.717, 1.165) is 19.3 Å². The zero-order valence-corrected chi connectivity index (χ0v) is 8.20. The van der Waals surface area contributed by atoms with Crippen LogP contribution in [0.3, 0.4) is 0 Å². The van der Waals surface area contributed by atoms with Crippen molar-refractivity contribution in [3.05, 3.63) is 47.5 Å². The maximum atomic E-state index is 11.2. The molecule has 0 saturated carbocycles. The molecule has 0 radical (unpaired) electrons. The number of hydrogen-bond donors (Lipinski definition) is 0. The fraction of sp³-hybridized carbons (Fsp3) is 0.308. The van der Waals surface area contributed by atoms with Gasteiger partial charge in [0.05, 0.1) is 0 Å². The van der Waals surface area contributed by atoms with Gasteiger partial charge >= 0.3 is 0 Å². The van der Waals surface area contributed by atoms with Crippen LogP contribution in [0.25, 0.3) is 0 Å². The van der Waals surface area contributed by atoms with Crippen molar-refractivity contribution in [2.75, 3.05) is 0 Å². The number of Topliss-reactive ketones (excluding diaryl/α,β-unsaturated/α-hetero) is 1. The molecule has 72 valence electrons. The zero-order chi connectivity index (χ0) is 9.80. The Morgan fingerprint density at radius 1 is 1.14 bits per heavy atom. The lowest BCUT2D eigenvalue weighted by molar-refractivity contribution is -0.118.